The third kappa shape index (κ3) is 5.41. The van der Waals surface area contributed by atoms with E-state index in [0.29, 0.717) is 47.9 Å². The monoisotopic (exact) mass is 436 g/mol. The largest absolute Gasteiger partial charge is 0.493 e. The van der Waals surface area contributed by atoms with E-state index in [1.807, 2.05) is 13.0 Å². The Balaban J connectivity index is 1.73. The Morgan fingerprint density at radius 1 is 1.19 bits per heavy atom. The maximum Gasteiger partial charge on any atom is 0.192 e. The van der Waals surface area contributed by atoms with Gasteiger partial charge in [0.2, 0.25) is 0 Å². The molecule has 3 aromatic rings. The van der Waals surface area contributed by atoms with Crippen LogP contribution in [0, 0.1) is 17.9 Å². The van der Waals surface area contributed by atoms with Crippen molar-refractivity contribution in [3.8, 4) is 23.3 Å². The van der Waals surface area contributed by atoms with Crippen molar-refractivity contribution in [3.05, 3.63) is 70.8 Å². The maximum absolute atomic E-state index is 11.5. The van der Waals surface area contributed by atoms with Crippen molar-refractivity contribution in [1.29, 1.82) is 5.26 Å². The van der Waals surface area contributed by atoms with Crippen LogP contribution in [0.3, 0.4) is 0 Å². The molecule has 8 nitrogen and oxygen atoms in total. The first-order valence-corrected chi connectivity index (χ1v) is 11.3. The molecule has 0 spiro atoms. The molecule has 0 aliphatic rings. The first-order valence-electron chi connectivity index (χ1n) is 9.43. The second-order valence-electron chi connectivity index (χ2n) is 6.71. The van der Waals surface area contributed by atoms with Gasteiger partial charge < -0.3 is 9.47 Å². The van der Waals surface area contributed by atoms with Gasteiger partial charge in [0.1, 0.15) is 17.2 Å². The van der Waals surface area contributed by atoms with Crippen molar-refractivity contribution in [2.45, 2.75) is 24.7 Å². The number of nitrogens with one attached hydrogen (secondary N) is 1. The molecule has 31 heavy (non-hydrogen) atoms. The molecular weight excluding hydrogens is 416 g/mol. The van der Waals surface area contributed by atoms with E-state index >= 15 is 0 Å². The lowest BCUT2D eigenvalue weighted by Gasteiger charge is -2.10. The minimum atomic E-state index is -3.25. The molecule has 0 radical (unpaired) electrons. The van der Waals surface area contributed by atoms with Crippen molar-refractivity contribution >= 4 is 15.5 Å². The zero-order valence-corrected chi connectivity index (χ0v) is 17.9. The van der Waals surface area contributed by atoms with E-state index in [1.165, 1.54) is 18.2 Å². The molecule has 3 rings (SSSR count). The SMILES string of the molecule is [C-]#[N+]c1cc(C#N)cc(Oc2c(CC)n[nH]c2CCOc2ccc(S(C)(=O)=O)cc2)c1. The third-order valence-corrected chi connectivity index (χ3v) is 5.57. The number of hydrogen-bond acceptors (Lipinski definition) is 6. The topological polar surface area (TPSA) is 109 Å². The van der Waals surface area contributed by atoms with Crippen molar-refractivity contribution < 1.29 is 17.9 Å². The molecular formula is C22H20N4O4S. The highest BCUT2D eigenvalue weighted by Crippen LogP contribution is 2.32. The van der Waals surface area contributed by atoms with E-state index < -0.39 is 9.84 Å². The fourth-order valence-corrected chi connectivity index (χ4v) is 3.51. The fraction of sp³-hybridized carbons (Fsp3) is 0.227. The molecule has 0 atom stereocenters. The minimum Gasteiger partial charge on any atom is -0.493 e. The summed E-state index contributed by atoms with van der Waals surface area (Å²) in [5.41, 5.74) is 2.10. The van der Waals surface area contributed by atoms with Gasteiger partial charge in [0, 0.05) is 18.2 Å². The highest BCUT2D eigenvalue weighted by Gasteiger charge is 2.16. The second-order valence-corrected chi connectivity index (χ2v) is 8.73. The second kappa shape index (κ2) is 9.33. The summed E-state index contributed by atoms with van der Waals surface area (Å²) in [4.78, 5) is 3.61. The summed E-state index contributed by atoms with van der Waals surface area (Å²) < 4.78 is 34.8. The average molecular weight is 436 g/mol. The lowest BCUT2D eigenvalue weighted by atomic mass is 10.2. The molecule has 158 valence electrons. The average Bonchev–Trinajstić information content (AvgIpc) is 3.14. The van der Waals surface area contributed by atoms with Crippen LogP contribution in [0.4, 0.5) is 5.69 Å². The van der Waals surface area contributed by atoms with Gasteiger partial charge in [-0.05, 0) is 48.9 Å². The smallest absolute Gasteiger partial charge is 0.192 e. The van der Waals surface area contributed by atoms with E-state index in [4.69, 9.17) is 16.0 Å². The maximum atomic E-state index is 11.5. The number of ether oxygens (including phenoxy) is 2. The predicted octanol–water partition coefficient (Wildman–Crippen LogP) is 4.21. The summed E-state index contributed by atoms with van der Waals surface area (Å²) in [6.45, 7) is 9.45. The highest BCUT2D eigenvalue weighted by atomic mass is 32.2. The number of aromatic amines is 1. The number of hydrogen-bond donors (Lipinski definition) is 1. The first kappa shape index (κ1) is 21.9. The lowest BCUT2D eigenvalue weighted by Crippen LogP contribution is -2.04. The van der Waals surface area contributed by atoms with E-state index in [9.17, 15) is 13.7 Å². The zero-order chi connectivity index (χ0) is 22.4. The van der Waals surface area contributed by atoms with Crippen molar-refractivity contribution in [2.24, 2.45) is 0 Å². The first-order chi connectivity index (χ1) is 14.8. The molecule has 2 aromatic carbocycles. The van der Waals surface area contributed by atoms with Gasteiger partial charge in [-0.1, -0.05) is 6.92 Å². The van der Waals surface area contributed by atoms with Crippen LogP contribution in [0.2, 0.25) is 0 Å². The van der Waals surface area contributed by atoms with Crippen LogP contribution < -0.4 is 9.47 Å². The molecule has 0 amide bonds. The predicted molar refractivity (Wildman–Crippen MR) is 114 cm³/mol. The molecule has 9 heteroatoms. The molecule has 0 saturated heterocycles. The summed E-state index contributed by atoms with van der Waals surface area (Å²) in [6.07, 6.45) is 2.25. The Morgan fingerprint density at radius 3 is 2.55 bits per heavy atom. The number of H-pyrrole nitrogens is 1. The number of nitrogens with zero attached hydrogens (tertiary/aromatic N) is 3. The number of benzene rings is 2. The van der Waals surface area contributed by atoms with Gasteiger partial charge in [-0.2, -0.15) is 10.4 Å². The van der Waals surface area contributed by atoms with Crippen LogP contribution in [-0.2, 0) is 22.7 Å². The van der Waals surface area contributed by atoms with E-state index in [1.54, 1.807) is 24.3 Å². The Kier molecular flexibility index (Phi) is 6.58. The van der Waals surface area contributed by atoms with E-state index in [-0.39, 0.29) is 4.90 Å². The molecule has 0 saturated carbocycles. The number of aromatic nitrogens is 2. The van der Waals surface area contributed by atoms with Gasteiger partial charge in [-0.15, -0.1) is 0 Å². The molecule has 1 N–H and O–H groups in total. The summed E-state index contributed by atoms with van der Waals surface area (Å²) >= 11 is 0. The Hall–Kier alpha value is -3.82. The summed E-state index contributed by atoms with van der Waals surface area (Å²) in [5, 5.41) is 16.4. The van der Waals surface area contributed by atoms with Crippen LogP contribution in [-0.4, -0.2) is 31.5 Å². The number of nitriles is 1. The molecule has 0 fully saturated rings. The van der Waals surface area contributed by atoms with Crippen LogP contribution >= 0.6 is 0 Å². The van der Waals surface area contributed by atoms with Crippen molar-refractivity contribution in [3.63, 3.8) is 0 Å². The van der Waals surface area contributed by atoms with Gasteiger partial charge in [0.15, 0.2) is 21.3 Å². The Bertz CT molecular complexity index is 1230. The minimum absolute atomic E-state index is 0.232. The quantitative estimate of drug-likeness (QED) is 0.530. The van der Waals surface area contributed by atoms with Crippen molar-refractivity contribution in [1.82, 2.24) is 10.2 Å². The third-order valence-electron chi connectivity index (χ3n) is 4.44. The van der Waals surface area contributed by atoms with Gasteiger partial charge in [-0.25, -0.2) is 13.3 Å². The van der Waals surface area contributed by atoms with E-state index in [2.05, 4.69) is 15.0 Å². The molecule has 0 aliphatic carbocycles. The van der Waals surface area contributed by atoms with Crippen LogP contribution in [0.1, 0.15) is 23.9 Å². The standard InChI is InChI=1S/C22H20N4O4S/c1-4-20-22(30-18-12-15(14-23)11-16(13-18)24-2)21(26-25-20)9-10-29-17-5-7-19(8-6-17)31(3,27)28/h5-8,11-13H,4,9-10H2,1,3H3,(H,25,26). The number of rotatable bonds is 8. The highest BCUT2D eigenvalue weighted by molar-refractivity contribution is 7.90. The Morgan fingerprint density at radius 2 is 1.94 bits per heavy atom. The van der Waals surface area contributed by atoms with Crippen LogP contribution in [0.15, 0.2) is 47.4 Å². The zero-order valence-electron chi connectivity index (χ0n) is 17.0. The molecule has 0 bridgehead atoms. The Labute approximate surface area is 180 Å². The summed E-state index contributed by atoms with van der Waals surface area (Å²) in [7, 11) is -3.25. The van der Waals surface area contributed by atoms with Gasteiger partial charge in [0.25, 0.3) is 0 Å². The number of sulfone groups is 1. The molecule has 0 unspecified atom stereocenters. The molecule has 0 aliphatic heterocycles. The number of aryl methyl sites for hydroxylation is 1. The van der Waals surface area contributed by atoms with Gasteiger partial charge in [-0.3, -0.25) is 5.10 Å². The molecule has 1 aromatic heterocycles. The molecule has 1 heterocycles. The normalized spacial score (nSPS) is 10.8. The van der Waals surface area contributed by atoms with Crippen LogP contribution in [0.5, 0.6) is 17.2 Å². The van der Waals surface area contributed by atoms with Crippen molar-refractivity contribution in [2.75, 3.05) is 12.9 Å². The van der Waals surface area contributed by atoms with Gasteiger partial charge >= 0.3 is 0 Å². The lowest BCUT2D eigenvalue weighted by molar-refractivity contribution is 0.318. The fourth-order valence-electron chi connectivity index (χ4n) is 2.88. The summed E-state index contributed by atoms with van der Waals surface area (Å²) in [6, 6.07) is 12.9. The van der Waals surface area contributed by atoms with E-state index in [0.717, 1.165) is 17.6 Å². The summed E-state index contributed by atoms with van der Waals surface area (Å²) in [5.74, 6) is 1.48. The van der Waals surface area contributed by atoms with Crippen LogP contribution in [0.25, 0.3) is 4.85 Å². The van der Waals surface area contributed by atoms with Gasteiger partial charge in [0.05, 0.1) is 29.8 Å².